The number of furan rings is 1. The number of amidine groups is 1. The Morgan fingerprint density at radius 1 is 1.09 bits per heavy atom. The molecule has 10 nitrogen and oxygen atoms in total. The van der Waals surface area contributed by atoms with Crippen LogP contribution in [0, 0.1) is 5.82 Å². The van der Waals surface area contributed by atoms with E-state index in [0.29, 0.717) is 44.1 Å². The lowest BCUT2D eigenvalue weighted by atomic mass is 10.2. The Morgan fingerprint density at radius 3 is 2.67 bits per heavy atom. The minimum Gasteiger partial charge on any atom is -0.504 e. The van der Waals surface area contributed by atoms with Crippen LogP contribution in [0.15, 0.2) is 105 Å². The van der Waals surface area contributed by atoms with E-state index in [0.717, 1.165) is 11.8 Å². The van der Waals surface area contributed by atoms with Gasteiger partial charge in [0, 0.05) is 11.3 Å². The quantitative estimate of drug-likeness (QED) is 0.137. The fraction of sp³-hybridized carbons (Fsp3) is 0.0968. The van der Waals surface area contributed by atoms with Crippen molar-refractivity contribution in [3.8, 4) is 17.2 Å². The van der Waals surface area contributed by atoms with E-state index in [4.69, 9.17) is 13.9 Å². The van der Waals surface area contributed by atoms with Crippen LogP contribution in [-0.2, 0) is 16.1 Å². The number of hydrogen-bond acceptors (Lipinski definition) is 9. The molecule has 43 heavy (non-hydrogen) atoms. The number of aromatic hydroxyl groups is 1. The molecule has 0 radical (unpaired) electrons. The number of halogens is 1. The van der Waals surface area contributed by atoms with E-state index < -0.39 is 11.7 Å². The Bertz CT molecular complexity index is 1700. The molecule has 1 aromatic heterocycles. The summed E-state index contributed by atoms with van der Waals surface area (Å²) in [7, 11) is 1.45. The van der Waals surface area contributed by atoms with Crippen molar-refractivity contribution in [2.75, 3.05) is 19.0 Å². The molecule has 0 spiro atoms. The van der Waals surface area contributed by atoms with Crippen molar-refractivity contribution in [1.29, 1.82) is 0 Å². The monoisotopic (exact) mass is 600 g/mol. The number of carbonyl (C=O) groups is 2. The number of anilines is 1. The third kappa shape index (κ3) is 7.49. The first-order valence-electron chi connectivity index (χ1n) is 12.9. The summed E-state index contributed by atoms with van der Waals surface area (Å²) >= 11 is 1.13. The van der Waals surface area contributed by atoms with E-state index in [2.05, 4.69) is 15.5 Å². The summed E-state index contributed by atoms with van der Waals surface area (Å²) in [5.74, 6) is 0.0943. The number of nitrogens with one attached hydrogen (secondary N) is 1. The fourth-order valence-electron chi connectivity index (χ4n) is 3.95. The average Bonchev–Trinajstić information content (AvgIpc) is 3.63. The van der Waals surface area contributed by atoms with Crippen molar-refractivity contribution >= 4 is 46.7 Å². The van der Waals surface area contributed by atoms with Gasteiger partial charge in [-0.25, -0.2) is 4.39 Å². The van der Waals surface area contributed by atoms with Crippen LogP contribution >= 0.6 is 11.8 Å². The first-order chi connectivity index (χ1) is 20.9. The molecule has 5 rings (SSSR count). The number of ether oxygens (including phenoxy) is 2. The van der Waals surface area contributed by atoms with Crippen LogP contribution in [-0.4, -0.2) is 46.9 Å². The highest BCUT2D eigenvalue weighted by atomic mass is 32.2. The topological polar surface area (TPSA) is 126 Å². The van der Waals surface area contributed by atoms with E-state index >= 15 is 0 Å². The van der Waals surface area contributed by atoms with Gasteiger partial charge in [-0.05, 0) is 84.1 Å². The molecule has 2 amide bonds. The number of phenols is 1. The lowest BCUT2D eigenvalue weighted by molar-refractivity contribution is -0.122. The lowest BCUT2D eigenvalue weighted by Crippen LogP contribution is -2.28. The Labute approximate surface area is 250 Å². The van der Waals surface area contributed by atoms with Gasteiger partial charge in [-0.1, -0.05) is 18.2 Å². The number of thioether (sulfide) groups is 1. The van der Waals surface area contributed by atoms with Gasteiger partial charge in [-0.2, -0.15) is 5.10 Å². The zero-order valence-corrected chi connectivity index (χ0v) is 23.6. The summed E-state index contributed by atoms with van der Waals surface area (Å²) in [6, 6.07) is 20.6. The van der Waals surface area contributed by atoms with Crippen LogP contribution in [0.25, 0.3) is 6.08 Å². The third-order valence-electron chi connectivity index (χ3n) is 6.03. The van der Waals surface area contributed by atoms with Crippen LogP contribution in [0.2, 0.25) is 0 Å². The lowest BCUT2D eigenvalue weighted by Gasteiger charge is -2.12. The SMILES string of the molecule is COc1cc(/C=N/N=C2\S/C(=C\c3ccccc3OCC(=O)Nc3ccc(F)cc3)C(=O)N2Cc2ccco2)ccc1O. The van der Waals surface area contributed by atoms with Gasteiger partial charge >= 0.3 is 0 Å². The van der Waals surface area contributed by atoms with Gasteiger partial charge in [0.15, 0.2) is 23.3 Å². The van der Waals surface area contributed by atoms with E-state index in [-0.39, 0.29) is 24.8 Å². The van der Waals surface area contributed by atoms with Crippen molar-refractivity contribution < 1.29 is 33.0 Å². The van der Waals surface area contributed by atoms with Crippen molar-refractivity contribution in [2.45, 2.75) is 6.54 Å². The number of benzene rings is 3. The Morgan fingerprint density at radius 2 is 1.91 bits per heavy atom. The van der Waals surface area contributed by atoms with Crippen LogP contribution in [0.3, 0.4) is 0 Å². The molecular formula is C31H25FN4O6S. The molecule has 0 saturated carbocycles. The smallest absolute Gasteiger partial charge is 0.267 e. The van der Waals surface area contributed by atoms with Gasteiger partial charge in [0.05, 0.1) is 31.0 Å². The molecule has 4 aromatic rings. The van der Waals surface area contributed by atoms with E-state index in [1.807, 2.05) is 0 Å². The zero-order chi connectivity index (χ0) is 30.2. The number of carbonyl (C=O) groups excluding carboxylic acids is 2. The summed E-state index contributed by atoms with van der Waals surface area (Å²) < 4.78 is 29.5. The fourth-order valence-corrected chi connectivity index (χ4v) is 4.87. The minimum atomic E-state index is -0.427. The molecule has 2 N–H and O–H groups in total. The highest BCUT2D eigenvalue weighted by Crippen LogP contribution is 2.35. The largest absolute Gasteiger partial charge is 0.504 e. The predicted octanol–water partition coefficient (Wildman–Crippen LogP) is 5.66. The highest BCUT2D eigenvalue weighted by Gasteiger charge is 2.34. The number of rotatable bonds is 10. The summed E-state index contributed by atoms with van der Waals surface area (Å²) in [6.45, 7) is -0.161. The molecular weight excluding hydrogens is 575 g/mol. The van der Waals surface area contributed by atoms with Crippen molar-refractivity contribution in [2.24, 2.45) is 10.2 Å². The summed E-state index contributed by atoms with van der Waals surface area (Å²) in [5.41, 5.74) is 1.65. The maximum atomic E-state index is 13.5. The molecule has 0 aliphatic carbocycles. The second kappa shape index (κ2) is 13.5. The van der Waals surface area contributed by atoms with Gasteiger partial charge in [-0.3, -0.25) is 14.5 Å². The summed E-state index contributed by atoms with van der Waals surface area (Å²) in [4.78, 5) is 27.7. The predicted molar refractivity (Wildman–Crippen MR) is 161 cm³/mol. The van der Waals surface area contributed by atoms with Crippen LogP contribution < -0.4 is 14.8 Å². The van der Waals surface area contributed by atoms with Crippen molar-refractivity contribution in [3.05, 3.63) is 113 Å². The standard InChI is InChI=1S/C31H25FN4O6S/c1-40-27-15-20(8-13-25(27)37)17-33-35-31-36(18-24-6-4-14-41-24)30(39)28(43-31)16-21-5-2-3-7-26(21)42-19-29(38)34-23-11-9-22(32)10-12-23/h2-17,37H,18-19H2,1H3,(H,34,38)/b28-16-,33-17+,35-31-. The van der Waals surface area contributed by atoms with Crippen LogP contribution in [0.4, 0.5) is 10.1 Å². The molecule has 2 heterocycles. The highest BCUT2D eigenvalue weighted by molar-refractivity contribution is 8.18. The minimum absolute atomic E-state index is 0.0000735. The number of para-hydroxylation sites is 1. The average molecular weight is 601 g/mol. The van der Waals surface area contributed by atoms with Gasteiger partial charge in [0.1, 0.15) is 17.3 Å². The molecule has 0 atom stereocenters. The second-order valence-corrected chi connectivity index (χ2v) is 10.0. The Kier molecular flexibility index (Phi) is 9.17. The first-order valence-corrected chi connectivity index (χ1v) is 13.7. The Balaban J connectivity index is 1.34. The zero-order valence-electron chi connectivity index (χ0n) is 22.8. The van der Waals surface area contributed by atoms with Crippen LogP contribution in [0.5, 0.6) is 17.2 Å². The number of phenolic OH excluding ortho intramolecular Hbond substituents is 1. The summed E-state index contributed by atoms with van der Waals surface area (Å²) in [5, 5.41) is 21.2. The van der Waals surface area contributed by atoms with Crippen molar-refractivity contribution in [3.63, 3.8) is 0 Å². The molecule has 1 aliphatic rings. The summed E-state index contributed by atoms with van der Waals surface area (Å²) in [6.07, 6.45) is 4.66. The number of amides is 2. The van der Waals surface area contributed by atoms with Gasteiger partial charge in [-0.15, -0.1) is 5.10 Å². The molecule has 3 aromatic carbocycles. The molecule has 0 bridgehead atoms. The molecule has 218 valence electrons. The maximum Gasteiger partial charge on any atom is 0.267 e. The maximum absolute atomic E-state index is 13.5. The molecule has 0 unspecified atom stereocenters. The van der Waals surface area contributed by atoms with E-state index in [1.165, 1.54) is 54.8 Å². The van der Waals surface area contributed by atoms with E-state index in [1.54, 1.807) is 54.6 Å². The second-order valence-electron chi connectivity index (χ2n) is 9.02. The van der Waals surface area contributed by atoms with Gasteiger partial charge < -0.3 is 24.3 Å². The molecule has 12 heteroatoms. The third-order valence-corrected chi connectivity index (χ3v) is 7.03. The number of methoxy groups -OCH3 is 1. The van der Waals surface area contributed by atoms with Gasteiger partial charge in [0.25, 0.3) is 11.8 Å². The number of hydrogen-bond donors (Lipinski definition) is 2. The van der Waals surface area contributed by atoms with Gasteiger partial charge in [0.2, 0.25) is 0 Å². The number of nitrogens with zero attached hydrogens (tertiary/aromatic N) is 3. The molecule has 1 aliphatic heterocycles. The normalized spacial score (nSPS) is 15.0. The van der Waals surface area contributed by atoms with Crippen molar-refractivity contribution in [1.82, 2.24) is 4.90 Å². The van der Waals surface area contributed by atoms with E-state index in [9.17, 15) is 19.1 Å². The first kappa shape index (κ1) is 29.1. The Hall–Kier alpha value is -5.36. The van der Waals surface area contributed by atoms with Crippen LogP contribution in [0.1, 0.15) is 16.9 Å². The molecule has 1 fully saturated rings. The molecule has 1 saturated heterocycles.